The second-order valence-corrected chi connectivity index (χ2v) is 3.37. The van der Waals surface area contributed by atoms with Gasteiger partial charge in [-0.3, -0.25) is 0 Å². The lowest BCUT2D eigenvalue weighted by molar-refractivity contribution is -1.10. The molecule has 13 heavy (non-hydrogen) atoms. The van der Waals surface area contributed by atoms with Gasteiger partial charge in [-0.05, 0) is 5.56 Å². The van der Waals surface area contributed by atoms with E-state index in [1.165, 1.54) is 0 Å². The third-order valence-corrected chi connectivity index (χ3v) is 2.31. The van der Waals surface area contributed by atoms with Gasteiger partial charge in [0.1, 0.15) is 19.7 Å². The Morgan fingerprint density at radius 3 is 2.46 bits per heavy atom. The highest BCUT2D eigenvalue weighted by atomic mass is 16.9. The van der Waals surface area contributed by atoms with Gasteiger partial charge < -0.3 is 5.21 Å². The molecule has 1 heterocycles. The fraction of sp³-hybridized carbons (Fsp3) is 0.400. The number of quaternary nitrogens is 1. The van der Waals surface area contributed by atoms with E-state index in [9.17, 15) is 5.21 Å². The van der Waals surface area contributed by atoms with Crippen LogP contribution in [0.15, 0.2) is 30.3 Å². The van der Waals surface area contributed by atoms with E-state index in [4.69, 9.17) is 4.84 Å². The van der Waals surface area contributed by atoms with Gasteiger partial charge in [-0.15, -0.1) is 0 Å². The van der Waals surface area contributed by atoms with E-state index in [1.807, 2.05) is 30.3 Å². The maximum Gasteiger partial charge on any atom is 0.132 e. The molecular formula is C10H13NO2. The summed E-state index contributed by atoms with van der Waals surface area (Å²) in [5, 5.41) is 11.4. The average Bonchev–Trinajstić information content (AvgIpc) is 2.13. The van der Waals surface area contributed by atoms with Crippen molar-refractivity contribution in [1.82, 2.24) is 0 Å². The molecule has 3 nitrogen and oxygen atoms in total. The minimum absolute atomic E-state index is 0.421. The lowest BCUT2D eigenvalue weighted by atomic mass is 10.2. The topological polar surface area (TPSA) is 32.3 Å². The zero-order valence-corrected chi connectivity index (χ0v) is 7.48. The van der Waals surface area contributed by atoms with E-state index in [0.717, 1.165) is 12.0 Å². The first-order valence-electron chi connectivity index (χ1n) is 4.55. The molecule has 0 amide bonds. The SMILES string of the molecule is [O-][N+]1(OCc2ccccc2)CCC1. The van der Waals surface area contributed by atoms with Crippen LogP contribution in [-0.4, -0.2) is 17.9 Å². The smallest absolute Gasteiger partial charge is 0.132 e. The van der Waals surface area contributed by atoms with E-state index >= 15 is 0 Å². The van der Waals surface area contributed by atoms with Crippen molar-refractivity contribution in [3.63, 3.8) is 0 Å². The summed E-state index contributed by atoms with van der Waals surface area (Å²) >= 11 is 0. The van der Waals surface area contributed by atoms with Crippen LogP contribution in [0.4, 0.5) is 0 Å². The summed E-state index contributed by atoms with van der Waals surface area (Å²) in [4.78, 5) is 4.77. The molecule has 70 valence electrons. The van der Waals surface area contributed by atoms with Gasteiger partial charge in [0.2, 0.25) is 0 Å². The molecule has 1 fully saturated rings. The number of hydrogen-bond donors (Lipinski definition) is 0. The van der Waals surface area contributed by atoms with Crippen LogP contribution in [0, 0.1) is 5.21 Å². The highest BCUT2D eigenvalue weighted by Gasteiger charge is 2.28. The Bertz CT molecular complexity index is 270. The number of nitrogens with zero attached hydrogens (tertiary/aromatic N) is 1. The number of hydroxylamine groups is 4. The maximum atomic E-state index is 11.4. The molecule has 0 bridgehead atoms. The van der Waals surface area contributed by atoms with Gasteiger partial charge in [-0.2, -0.15) is 4.84 Å². The lowest BCUT2D eigenvalue weighted by Crippen LogP contribution is -2.52. The largest absolute Gasteiger partial charge is 0.598 e. The molecule has 0 spiro atoms. The lowest BCUT2D eigenvalue weighted by Gasteiger charge is -2.45. The van der Waals surface area contributed by atoms with Gasteiger partial charge in [0.25, 0.3) is 0 Å². The van der Waals surface area contributed by atoms with Crippen LogP contribution >= 0.6 is 0 Å². The molecule has 1 aromatic carbocycles. The minimum Gasteiger partial charge on any atom is -0.598 e. The van der Waals surface area contributed by atoms with Crippen molar-refractivity contribution in [3.8, 4) is 0 Å². The second kappa shape index (κ2) is 3.46. The van der Waals surface area contributed by atoms with Gasteiger partial charge in [-0.1, -0.05) is 30.3 Å². The summed E-state index contributed by atoms with van der Waals surface area (Å²) in [6, 6.07) is 9.78. The zero-order valence-electron chi connectivity index (χ0n) is 7.48. The van der Waals surface area contributed by atoms with Crippen molar-refractivity contribution in [1.29, 1.82) is 0 Å². The van der Waals surface area contributed by atoms with Crippen LogP contribution in [0.2, 0.25) is 0 Å². The molecule has 3 heteroatoms. The van der Waals surface area contributed by atoms with Gasteiger partial charge in [0.05, 0.1) is 6.42 Å². The predicted molar refractivity (Wildman–Crippen MR) is 49.2 cm³/mol. The molecule has 0 radical (unpaired) electrons. The first-order valence-corrected chi connectivity index (χ1v) is 4.55. The molecule has 0 aliphatic carbocycles. The summed E-state index contributed by atoms with van der Waals surface area (Å²) in [5.74, 6) is 0. The van der Waals surface area contributed by atoms with E-state index in [-0.39, 0.29) is 0 Å². The second-order valence-electron chi connectivity index (χ2n) is 3.37. The van der Waals surface area contributed by atoms with Crippen LogP contribution in [0.1, 0.15) is 12.0 Å². The number of hydrogen-bond acceptors (Lipinski definition) is 2. The summed E-state index contributed by atoms with van der Waals surface area (Å²) in [6.45, 7) is 1.63. The average molecular weight is 179 g/mol. The Hall–Kier alpha value is -0.900. The molecule has 0 N–H and O–H groups in total. The van der Waals surface area contributed by atoms with Crippen molar-refractivity contribution in [2.24, 2.45) is 0 Å². The Balaban J connectivity index is 1.86. The van der Waals surface area contributed by atoms with Gasteiger partial charge >= 0.3 is 0 Å². The molecule has 0 atom stereocenters. The normalized spacial score (nSPS) is 19.5. The van der Waals surface area contributed by atoms with Crippen LogP contribution in [0.3, 0.4) is 0 Å². The Morgan fingerprint density at radius 1 is 1.23 bits per heavy atom. The molecule has 1 aliphatic heterocycles. The van der Waals surface area contributed by atoms with Crippen molar-refractivity contribution in [2.75, 3.05) is 13.1 Å². The predicted octanol–water partition coefficient (Wildman–Crippen LogP) is 1.84. The summed E-state index contributed by atoms with van der Waals surface area (Å²) in [6.07, 6.45) is 0.984. The molecule has 0 unspecified atom stereocenters. The van der Waals surface area contributed by atoms with Crippen LogP contribution < -0.4 is 0 Å². The highest BCUT2D eigenvalue weighted by Crippen LogP contribution is 2.19. The minimum atomic E-state index is -0.463. The van der Waals surface area contributed by atoms with Gasteiger partial charge in [0.15, 0.2) is 0 Å². The van der Waals surface area contributed by atoms with Crippen molar-refractivity contribution in [3.05, 3.63) is 41.1 Å². The summed E-state index contributed by atoms with van der Waals surface area (Å²) in [7, 11) is 0. The molecule has 0 saturated carbocycles. The van der Waals surface area contributed by atoms with E-state index in [2.05, 4.69) is 0 Å². The Labute approximate surface area is 77.7 Å². The van der Waals surface area contributed by atoms with Gasteiger partial charge in [-0.25, -0.2) is 4.81 Å². The maximum absolute atomic E-state index is 11.4. The fourth-order valence-electron chi connectivity index (χ4n) is 1.31. The third kappa shape index (κ3) is 2.06. The van der Waals surface area contributed by atoms with Crippen molar-refractivity contribution < 1.29 is 9.65 Å². The van der Waals surface area contributed by atoms with Crippen LogP contribution in [-0.2, 0) is 11.4 Å². The number of rotatable bonds is 3. The third-order valence-electron chi connectivity index (χ3n) is 2.31. The molecular weight excluding hydrogens is 166 g/mol. The van der Waals surface area contributed by atoms with Crippen molar-refractivity contribution >= 4 is 0 Å². The first-order chi connectivity index (χ1) is 6.29. The Kier molecular flexibility index (Phi) is 2.31. The molecule has 0 aromatic heterocycles. The summed E-state index contributed by atoms with van der Waals surface area (Å²) in [5.41, 5.74) is 1.06. The van der Waals surface area contributed by atoms with E-state index in [0.29, 0.717) is 19.7 Å². The zero-order chi connectivity index (χ0) is 9.15. The van der Waals surface area contributed by atoms with Crippen LogP contribution in [0.5, 0.6) is 0 Å². The van der Waals surface area contributed by atoms with Crippen LogP contribution in [0.25, 0.3) is 0 Å². The molecule has 1 aliphatic rings. The quantitative estimate of drug-likeness (QED) is 0.523. The highest BCUT2D eigenvalue weighted by molar-refractivity contribution is 5.13. The fourth-order valence-corrected chi connectivity index (χ4v) is 1.31. The van der Waals surface area contributed by atoms with Gasteiger partial charge in [0, 0.05) is 0 Å². The van der Waals surface area contributed by atoms with E-state index < -0.39 is 4.81 Å². The number of benzene rings is 1. The molecule has 1 aromatic rings. The van der Waals surface area contributed by atoms with Crippen molar-refractivity contribution in [2.45, 2.75) is 13.0 Å². The van der Waals surface area contributed by atoms with E-state index in [1.54, 1.807) is 0 Å². The summed E-state index contributed by atoms with van der Waals surface area (Å²) < 4.78 is 0. The molecule has 1 saturated heterocycles. The first kappa shape index (κ1) is 8.69. The molecule has 2 rings (SSSR count). The standard InChI is InChI=1S/C10H13NO2/c12-11(7-4-8-11)13-9-10-5-2-1-3-6-10/h1-3,5-6H,4,7-9H2. The Morgan fingerprint density at radius 2 is 1.92 bits per heavy atom. The monoisotopic (exact) mass is 179 g/mol.